The van der Waals surface area contributed by atoms with Crippen molar-refractivity contribution in [3.8, 4) is 5.75 Å². The summed E-state index contributed by atoms with van der Waals surface area (Å²) in [6, 6.07) is 3.65. The van der Waals surface area contributed by atoms with Crippen LogP contribution in [0, 0.1) is 5.82 Å². The van der Waals surface area contributed by atoms with Gasteiger partial charge in [0.2, 0.25) is 0 Å². The Hall–Kier alpha value is -2.17. The molecule has 16 heavy (non-hydrogen) atoms. The first-order chi connectivity index (χ1) is 7.58. The van der Waals surface area contributed by atoms with Gasteiger partial charge in [-0.1, -0.05) is 0 Å². The van der Waals surface area contributed by atoms with Crippen LogP contribution in [-0.4, -0.2) is 11.0 Å². The fourth-order valence-electron chi connectivity index (χ4n) is 1.41. The number of H-pyrrole nitrogens is 1. The predicted molar refractivity (Wildman–Crippen MR) is 55.8 cm³/mol. The van der Waals surface area contributed by atoms with E-state index in [2.05, 4.69) is 9.72 Å². The van der Waals surface area contributed by atoms with Gasteiger partial charge in [-0.05, 0) is 6.07 Å². The summed E-state index contributed by atoms with van der Waals surface area (Å²) in [5, 5.41) is 0.278. The number of aromatic nitrogens is 1. The Bertz CT molecular complexity index is 618. The van der Waals surface area contributed by atoms with E-state index in [9.17, 15) is 14.0 Å². The van der Waals surface area contributed by atoms with E-state index in [1.165, 1.54) is 25.3 Å². The molecule has 0 bridgehead atoms. The number of aromatic amines is 1. The van der Waals surface area contributed by atoms with Gasteiger partial charge in [-0.15, -0.1) is 0 Å². The predicted octanol–water partition coefficient (Wildman–Crippen LogP) is 1.59. The molecular weight excluding hydrogens is 213 g/mol. The smallest absolute Gasteiger partial charge is 0.308 e. The molecule has 1 heterocycles. The minimum atomic E-state index is -0.690. The molecule has 0 saturated heterocycles. The SMILES string of the molecule is CC(=O)Oc1cc2c(=O)cc[nH]c2cc1F. The van der Waals surface area contributed by atoms with Crippen LogP contribution in [0.25, 0.3) is 10.9 Å². The van der Waals surface area contributed by atoms with Crippen LogP contribution in [0.2, 0.25) is 0 Å². The third-order valence-electron chi connectivity index (χ3n) is 2.06. The molecule has 1 aromatic carbocycles. The number of ether oxygens (including phenoxy) is 1. The Morgan fingerprint density at radius 2 is 2.19 bits per heavy atom. The summed E-state index contributed by atoms with van der Waals surface area (Å²) in [6.07, 6.45) is 1.43. The van der Waals surface area contributed by atoms with Crippen LogP contribution in [0.1, 0.15) is 6.92 Å². The third kappa shape index (κ3) is 1.79. The van der Waals surface area contributed by atoms with Crippen molar-refractivity contribution in [3.63, 3.8) is 0 Å². The van der Waals surface area contributed by atoms with E-state index in [4.69, 9.17) is 0 Å². The number of nitrogens with one attached hydrogen (secondary N) is 1. The molecule has 0 amide bonds. The quantitative estimate of drug-likeness (QED) is 0.587. The van der Waals surface area contributed by atoms with Crippen LogP contribution in [0.3, 0.4) is 0 Å². The van der Waals surface area contributed by atoms with E-state index in [-0.39, 0.29) is 16.6 Å². The second-order valence-electron chi connectivity index (χ2n) is 3.26. The minimum Gasteiger partial charge on any atom is -0.424 e. The highest BCUT2D eigenvalue weighted by Crippen LogP contribution is 2.21. The summed E-state index contributed by atoms with van der Waals surface area (Å²) in [5.41, 5.74) is 0.100. The molecule has 4 nitrogen and oxygen atoms in total. The lowest BCUT2D eigenvalue weighted by Gasteiger charge is -2.04. The molecule has 1 N–H and O–H groups in total. The highest BCUT2D eigenvalue weighted by Gasteiger charge is 2.09. The molecule has 0 aliphatic rings. The summed E-state index contributed by atoms with van der Waals surface area (Å²) in [4.78, 5) is 24.9. The zero-order valence-corrected chi connectivity index (χ0v) is 8.41. The molecule has 5 heteroatoms. The van der Waals surface area contributed by atoms with Crippen molar-refractivity contribution >= 4 is 16.9 Å². The van der Waals surface area contributed by atoms with Crippen LogP contribution in [0.5, 0.6) is 5.75 Å². The van der Waals surface area contributed by atoms with Crippen molar-refractivity contribution in [2.24, 2.45) is 0 Å². The molecular formula is C11H8FNO3. The first kappa shape index (κ1) is 10.4. The van der Waals surface area contributed by atoms with Crippen molar-refractivity contribution in [3.05, 3.63) is 40.4 Å². The van der Waals surface area contributed by atoms with E-state index in [1.807, 2.05) is 0 Å². The number of hydrogen-bond donors (Lipinski definition) is 1. The molecule has 2 rings (SSSR count). The normalized spacial score (nSPS) is 10.4. The number of fused-ring (bicyclic) bond motifs is 1. The zero-order chi connectivity index (χ0) is 11.7. The molecule has 82 valence electrons. The van der Waals surface area contributed by atoms with Gasteiger partial charge < -0.3 is 9.72 Å². The highest BCUT2D eigenvalue weighted by molar-refractivity contribution is 5.81. The third-order valence-corrected chi connectivity index (χ3v) is 2.06. The second kappa shape index (κ2) is 3.77. The van der Waals surface area contributed by atoms with Gasteiger partial charge >= 0.3 is 5.97 Å². The van der Waals surface area contributed by atoms with E-state index >= 15 is 0 Å². The average Bonchev–Trinajstić information content (AvgIpc) is 2.20. The fourth-order valence-corrected chi connectivity index (χ4v) is 1.41. The maximum atomic E-state index is 13.4. The van der Waals surface area contributed by atoms with Gasteiger partial charge in [0.05, 0.1) is 5.52 Å². The molecule has 0 atom stereocenters. The summed E-state index contributed by atoms with van der Waals surface area (Å²) < 4.78 is 18.1. The van der Waals surface area contributed by atoms with Crippen LogP contribution in [-0.2, 0) is 4.79 Å². The second-order valence-corrected chi connectivity index (χ2v) is 3.26. The Balaban J connectivity index is 2.69. The van der Waals surface area contributed by atoms with E-state index in [0.717, 1.165) is 6.07 Å². The average molecular weight is 221 g/mol. The summed E-state index contributed by atoms with van der Waals surface area (Å²) in [6.45, 7) is 1.17. The number of benzene rings is 1. The van der Waals surface area contributed by atoms with Gasteiger partial charge in [0.15, 0.2) is 17.0 Å². The van der Waals surface area contributed by atoms with Crippen molar-refractivity contribution in [1.82, 2.24) is 4.98 Å². The number of esters is 1. The maximum absolute atomic E-state index is 13.4. The molecule has 0 unspecified atom stereocenters. The molecule has 0 aliphatic heterocycles. The van der Waals surface area contributed by atoms with Crippen molar-refractivity contribution in [1.29, 1.82) is 0 Å². The first-order valence-electron chi connectivity index (χ1n) is 4.57. The molecule has 0 fully saturated rings. The standard InChI is InChI=1S/C11H8FNO3/c1-6(14)16-11-4-7-9(5-8(11)12)13-3-2-10(7)15/h2-5H,1H3,(H,13,15). The molecule has 2 aromatic rings. The van der Waals surface area contributed by atoms with E-state index < -0.39 is 11.8 Å². The summed E-state index contributed by atoms with van der Waals surface area (Å²) in [5.74, 6) is -1.56. The first-order valence-corrected chi connectivity index (χ1v) is 4.57. The lowest BCUT2D eigenvalue weighted by molar-refractivity contribution is -0.132. The van der Waals surface area contributed by atoms with E-state index in [1.54, 1.807) is 0 Å². The molecule has 0 aliphatic carbocycles. The van der Waals surface area contributed by atoms with Crippen LogP contribution >= 0.6 is 0 Å². The topological polar surface area (TPSA) is 59.2 Å². The highest BCUT2D eigenvalue weighted by atomic mass is 19.1. The Morgan fingerprint density at radius 1 is 1.44 bits per heavy atom. The Kier molecular flexibility index (Phi) is 2.44. The number of carbonyl (C=O) groups is 1. The van der Waals surface area contributed by atoms with Crippen molar-refractivity contribution in [2.45, 2.75) is 6.92 Å². The largest absolute Gasteiger partial charge is 0.424 e. The van der Waals surface area contributed by atoms with Crippen LogP contribution in [0.4, 0.5) is 4.39 Å². The number of halogens is 1. The Labute approximate surface area is 89.7 Å². The van der Waals surface area contributed by atoms with Crippen LogP contribution < -0.4 is 10.2 Å². The molecule has 0 saturated carbocycles. The van der Waals surface area contributed by atoms with Gasteiger partial charge in [0, 0.05) is 30.6 Å². The molecule has 1 aromatic heterocycles. The monoisotopic (exact) mass is 221 g/mol. The van der Waals surface area contributed by atoms with Gasteiger partial charge in [0.1, 0.15) is 0 Å². The minimum absolute atomic E-state index is 0.239. The lowest BCUT2D eigenvalue weighted by atomic mass is 10.2. The maximum Gasteiger partial charge on any atom is 0.308 e. The van der Waals surface area contributed by atoms with Gasteiger partial charge in [0.25, 0.3) is 0 Å². The van der Waals surface area contributed by atoms with Crippen LogP contribution in [0.15, 0.2) is 29.2 Å². The van der Waals surface area contributed by atoms with Gasteiger partial charge in [-0.25, -0.2) is 4.39 Å². The molecule has 0 radical (unpaired) electrons. The van der Waals surface area contributed by atoms with Crippen molar-refractivity contribution in [2.75, 3.05) is 0 Å². The number of rotatable bonds is 1. The summed E-state index contributed by atoms with van der Waals surface area (Å²) >= 11 is 0. The van der Waals surface area contributed by atoms with Gasteiger partial charge in [-0.2, -0.15) is 0 Å². The zero-order valence-electron chi connectivity index (χ0n) is 8.41. The number of pyridine rings is 1. The van der Waals surface area contributed by atoms with Crippen molar-refractivity contribution < 1.29 is 13.9 Å². The lowest BCUT2D eigenvalue weighted by Crippen LogP contribution is -2.06. The number of carbonyl (C=O) groups excluding carboxylic acids is 1. The summed E-state index contributed by atoms with van der Waals surface area (Å²) in [7, 11) is 0. The van der Waals surface area contributed by atoms with Gasteiger partial charge in [-0.3, -0.25) is 9.59 Å². The fraction of sp³-hybridized carbons (Fsp3) is 0.0909. The van der Waals surface area contributed by atoms with E-state index in [0.29, 0.717) is 5.52 Å². The Morgan fingerprint density at radius 3 is 2.88 bits per heavy atom. The molecule has 0 spiro atoms. The number of hydrogen-bond acceptors (Lipinski definition) is 3.